The van der Waals surface area contributed by atoms with Gasteiger partial charge in [0.1, 0.15) is 5.01 Å². The monoisotopic (exact) mass is 284 g/mol. The van der Waals surface area contributed by atoms with Crippen LogP contribution in [0.15, 0.2) is 36.5 Å². The van der Waals surface area contributed by atoms with Crippen molar-refractivity contribution in [3.8, 4) is 10.6 Å². The number of piperidine rings is 1. The van der Waals surface area contributed by atoms with Crippen LogP contribution in [0, 0.1) is 0 Å². The SMILES string of the molecule is c1ccc(-c2nn3c(N4CCCCC4)cnc3s2)cc1. The number of aromatic nitrogens is 3. The Balaban J connectivity index is 1.75. The minimum atomic E-state index is 0.976. The second-order valence-electron chi connectivity index (χ2n) is 5.13. The Morgan fingerprint density at radius 1 is 1.00 bits per heavy atom. The molecule has 0 radical (unpaired) electrons. The van der Waals surface area contributed by atoms with Gasteiger partial charge in [-0.25, -0.2) is 4.98 Å². The number of nitrogens with zero attached hydrogens (tertiary/aromatic N) is 4. The van der Waals surface area contributed by atoms with Gasteiger partial charge in [-0.1, -0.05) is 41.7 Å². The predicted octanol–water partition coefficient (Wildman–Crippen LogP) is 3.45. The highest BCUT2D eigenvalue weighted by Gasteiger charge is 2.18. The second-order valence-corrected chi connectivity index (χ2v) is 6.09. The molecule has 0 spiro atoms. The topological polar surface area (TPSA) is 33.4 Å². The number of imidazole rings is 1. The van der Waals surface area contributed by atoms with Crippen molar-refractivity contribution in [3.63, 3.8) is 0 Å². The highest BCUT2D eigenvalue weighted by atomic mass is 32.1. The lowest BCUT2D eigenvalue weighted by Gasteiger charge is -2.26. The molecule has 0 N–H and O–H groups in total. The van der Waals surface area contributed by atoms with Gasteiger partial charge in [0.2, 0.25) is 4.96 Å². The molecule has 1 aromatic carbocycles. The fourth-order valence-electron chi connectivity index (χ4n) is 2.72. The summed E-state index contributed by atoms with van der Waals surface area (Å²) in [4.78, 5) is 7.89. The Labute approximate surface area is 121 Å². The third kappa shape index (κ3) is 1.98. The van der Waals surface area contributed by atoms with Gasteiger partial charge in [0, 0.05) is 18.7 Å². The predicted molar refractivity (Wildman–Crippen MR) is 82.4 cm³/mol. The van der Waals surface area contributed by atoms with Crippen molar-refractivity contribution in [1.29, 1.82) is 0 Å². The van der Waals surface area contributed by atoms with Gasteiger partial charge in [-0.2, -0.15) is 9.61 Å². The molecule has 102 valence electrons. The molecule has 0 amide bonds. The number of hydrogen-bond acceptors (Lipinski definition) is 4. The van der Waals surface area contributed by atoms with E-state index in [-0.39, 0.29) is 0 Å². The first kappa shape index (κ1) is 11.9. The van der Waals surface area contributed by atoms with E-state index in [1.165, 1.54) is 19.3 Å². The smallest absolute Gasteiger partial charge is 0.214 e. The summed E-state index contributed by atoms with van der Waals surface area (Å²) in [5.74, 6) is 1.14. The molecule has 5 heteroatoms. The van der Waals surface area contributed by atoms with Crippen molar-refractivity contribution in [2.45, 2.75) is 19.3 Å². The molecule has 4 nitrogen and oxygen atoms in total. The fraction of sp³-hybridized carbons (Fsp3) is 0.333. The largest absolute Gasteiger partial charge is 0.355 e. The summed E-state index contributed by atoms with van der Waals surface area (Å²) in [6.07, 6.45) is 5.83. The third-order valence-electron chi connectivity index (χ3n) is 3.77. The Kier molecular flexibility index (Phi) is 2.92. The van der Waals surface area contributed by atoms with Crippen LogP contribution in [0.2, 0.25) is 0 Å². The molecule has 0 atom stereocenters. The van der Waals surface area contributed by atoms with Crippen LogP contribution < -0.4 is 4.90 Å². The molecule has 0 bridgehead atoms. The van der Waals surface area contributed by atoms with Crippen LogP contribution in [0.3, 0.4) is 0 Å². The maximum absolute atomic E-state index is 4.75. The summed E-state index contributed by atoms with van der Waals surface area (Å²) in [7, 11) is 0. The van der Waals surface area contributed by atoms with Gasteiger partial charge in [0.15, 0.2) is 5.82 Å². The summed E-state index contributed by atoms with van der Waals surface area (Å²) in [6.45, 7) is 2.23. The zero-order valence-corrected chi connectivity index (χ0v) is 12.0. The van der Waals surface area contributed by atoms with Crippen LogP contribution in [0.5, 0.6) is 0 Å². The molecule has 1 aliphatic rings. The molecule has 3 heterocycles. The molecule has 4 rings (SSSR count). The van der Waals surface area contributed by atoms with E-state index >= 15 is 0 Å². The van der Waals surface area contributed by atoms with Crippen LogP contribution in [0.1, 0.15) is 19.3 Å². The molecule has 0 saturated carbocycles. The maximum atomic E-state index is 4.75. The van der Waals surface area contributed by atoms with E-state index in [4.69, 9.17) is 5.10 Å². The van der Waals surface area contributed by atoms with Crippen molar-refractivity contribution >= 4 is 22.1 Å². The number of rotatable bonds is 2. The van der Waals surface area contributed by atoms with E-state index in [1.54, 1.807) is 11.3 Å². The lowest BCUT2D eigenvalue weighted by atomic mass is 10.1. The van der Waals surface area contributed by atoms with Gasteiger partial charge >= 0.3 is 0 Å². The lowest BCUT2D eigenvalue weighted by molar-refractivity contribution is 0.570. The van der Waals surface area contributed by atoms with E-state index in [2.05, 4.69) is 22.0 Å². The minimum absolute atomic E-state index is 0.976. The van der Waals surface area contributed by atoms with Gasteiger partial charge in [-0.05, 0) is 19.3 Å². The van der Waals surface area contributed by atoms with Gasteiger partial charge in [-0.3, -0.25) is 0 Å². The van der Waals surface area contributed by atoms with Crippen LogP contribution in [-0.2, 0) is 0 Å². The standard InChI is InChI=1S/C15H16N4S/c1-3-7-12(8-4-1)14-17-19-13(11-16-15(19)20-14)18-9-5-2-6-10-18/h1,3-4,7-8,11H,2,5-6,9-10H2. The molecular weight excluding hydrogens is 268 g/mol. The van der Waals surface area contributed by atoms with Crippen molar-refractivity contribution in [1.82, 2.24) is 14.6 Å². The van der Waals surface area contributed by atoms with Crippen LogP contribution in [-0.4, -0.2) is 27.7 Å². The van der Waals surface area contributed by atoms with Gasteiger partial charge in [0.05, 0.1) is 6.20 Å². The van der Waals surface area contributed by atoms with Crippen molar-refractivity contribution in [2.75, 3.05) is 18.0 Å². The van der Waals surface area contributed by atoms with Crippen LogP contribution in [0.25, 0.3) is 15.5 Å². The minimum Gasteiger partial charge on any atom is -0.355 e. The van der Waals surface area contributed by atoms with E-state index in [0.29, 0.717) is 0 Å². The molecule has 3 aromatic rings. The average Bonchev–Trinajstić information content (AvgIpc) is 3.09. The number of fused-ring (bicyclic) bond motifs is 1. The van der Waals surface area contributed by atoms with Crippen molar-refractivity contribution < 1.29 is 0 Å². The first-order valence-corrected chi connectivity index (χ1v) is 7.88. The normalized spacial score (nSPS) is 15.9. The first-order valence-electron chi connectivity index (χ1n) is 7.07. The fourth-order valence-corrected chi connectivity index (χ4v) is 3.59. The Morgan fingerprint density at radius 3 is 2.60 bits per heavy atom. The third-order valence-corrected chi connectivity index (χ3v) is 4.74. The van der Waals surface area contributed by atoms with Crippen molar-refractivity contribution in [2.24, 2.45) is 0 Å². The second kappa shape index (κ2) is 4.90. The van der Waals surface area contributed by atoms with E-state index in [9.17, 15) is 0 Å². The first-order chi connectivity index (χ1) is 9.92. The maximum Gasteiger partial charge on any atom is 0.214 e. The molecule has 1 aliphatic heterocycles. The molecule has 0 unspecified atom stereocenters. The van der Waals surface area contributed by atoms with Gasteiger partial charge < -0.3 is 4.90 Å². The number of hydrogen-bond donors (Lipinski definition) is 0. The summed E-state index contributed by atoms with van der Waals surface area (Å²) in [5, 5.41) is 5.78. The average molecular weight is 284 g/mol. The highest BCUT2D eigenvalue weighted by molar-refractivity contribution is 7.19. The molecular formula is C15H16N4S. The Hall–Kier alpha value is -1.88. The highest BCUT2D eigenvalue weighted by Crippen LogP contribution is 2.29. The lowest BCUT2D eigenvalue weighted by Crippen LogP contribution is -2.30. The molecule has 1 fully saturated rings. The Bertz CT molecular complexity index is 710. The van der Waals surface area contributed by atoms with E-state index in [1.807, 2.05) is 28.9 Å². The zero-order valence-electron chi connectivity index (χ0n) is 11.2. The van der Waals surface area contributed by atoms with E-state index < -0.39 is 0 Å². The quantitative estimate of drug-likeness (QED) is 0.722. The van der Waals surface area contributed by atoms with Gasteiger partial charge in [0.25, 0.3) is 0 Å². The zero-order chi connectivity index (χ0) is 13.4. The van der Waals surface area contributed by atoms with Gasteiger partial charge in [-0.15, -0.1) is 0 Å². The Morgan fingerprint density at radius 2 is 1.80 bits per heavy atom. The summed E-state index contributed by atoms with van der Waals surface area (Å²) in [6, 6.07) is 10.3. The molecule has 1 saturated heterocycles. The van der Waals surface area contributed by atoms with Crippen LogP contribution >= 0.6 is 11.3 Å². The van der Waals surface area contributed by atoms with E-state index in [0.717, 1.165) is 34.4 Å². The number of anilines is 1. The molecule has 0 aliphatic carbocycles. The molecule has 2 aromatic heterocycles. The summed E-state index contributed by atoms with van der Waals surface area (Å²) >= 11 is 1.65. The summed E-state index contributed by atoms with van der Waals surface area (Å²) in [5.41, 5.74) is 1.16. The van der Waals surface area contributed by atoms with Crippen molar-refractivity contribution in [3.05, 3.63) is 36.5 Å². The van der Waals surface area contributed by atoms with Crippen LogP contribution in [0.4, 0.5) is 5.82 Å². The molecule has 20 heavy (non-hydrogen) atoms. The number of benzene rings is 1. The summed E-state index contributed by atoms with van der Waals surface area (Å²) < 4.78 is 2.00.